The second-order valence-corrected chi connectivity index (χ2v) is 6.86. The molecule has 2 aromatic rings. The first kappa shape index (κ1) is 21.1. The normalized spacial score (nSPS) is 19.3. The highest BCUT2D eigenvalue weighted by molar-refractivity contribution is 6.31. The number of carbonyl (C=O) groups is 1. The van der Waals surface area contributed by atoms with Gasteiger partial charge in [-0.05, 0) is 48.4 Å². The van der Waals surface area contributed by atoms with Crippen LogP contribution < -0.4 is 4.74 Å². The van der Waals surface area contributed by atoms with Gasteiger partial charge in [-0.2, -0.15) is 23.3 Å². The van der Waals surface area contributed by atoms with Gasteiger partial charge in [-0.25, -0.2) is 4.39 Å². The third kappa shape index (κ3) is 4.20. The number of amides is 1. The SMILES string of the molecule is Cc1cc(OCC(=O)N2N=C(c3ccc(F)cc3)C[C@]2(O)C(F)(F)F)ccc1Cl. The van der Waals surface area contributed by atoms with Crippen LogP contribution in [-0.4, -0.2) is 40.2 Å². The van der Waals surface area contributed by atoms with Crippen LogP contribution in [0.4, 0.5) is 17.6 Å². The average molecular weight is 431 g/mol. The molecule has 0 unspecified atom stereocenters. The largest absolute Gasteiger partial charge is 0.484 e. The van der Waals surface area contributed by atoms with Crippen LogP contribution in [0.15, 0.2) is 47.6 Å². The molecule has 1 amide bonds. The molecule has 1 aliphatic rings. The van der Waals surface area contributed by atoms with E-state index in [1.54, 1.807) is 6.92 Å². The van der Waals surface area contributed by atoms with E-state index < -0.39 is 36.7 Å². The zero-order chi connectivity index (χ0) is 21.4. The van der Waals surface area contributed by atoms with Gasteiger partial charge < -0.3 is 9.84 Å². The predicted molar refractivity (Wildman–Crippen MR) is 97.1 cm³/mol. The Hall–Kier alpha value is -2.65. The molecule has 0 radical (unpaired) electrons. The van der Waals surface area contributed by atoms with E-state index in [0.29, 0.717) is 10.6 Å². The summed E-state index contributed by atoms with van der Waals surface area (Å²) in [4.78, 5) is 12.4. The van der Waals surface area contributed by atoms with E-state index >= 15 is 0 Å². The van der Waals surface area contributed by atoms with Crippen molar-refractivity contribution in [3.8, 4) is 5.75 Å². The molecule has 3 rings (SSSR count). The number of hydrazone groups is 1. The molecule has 10 heteroatoms. The fourth-order valence-electron chi connectivity index (χ4n) is 2.74. The summed E-state index contributed by atoms with van der Waals surface area (Å²) < 4.78 is 58.9. The molecule has 1 atom stereocenters. The highest BCUT2D eigenvalue weighted by Gasteiger charge is 2.63. The molecule has 0 aliphatic carbocycles. The van der Waals surface area contributed by atoms with E-state index in [0.717, 1.165) is 12.1 Å². The number of aliphatic hydroxyl groups is 1. The molecule has 0 spiro atoms. The van der Waals surface area contributed by atoms with Gasteiger partial charge in [0.2, 0.25) is 0 Å². The lowest BCUT2D eigenvalue weighted by Crippen LogP contribution is -2.57. The molecule has 1 N–H and O–H groups in total. The molecule has 29 heavy (non-hydrogen) atoms. The lowest BCUT2D eigenvalue weighted by molar-refractivity contribution is -0.302. The number of hydrogen-bond donors (Lipinski definition) is 1. The Labute approximate surface area is 168 Å². The van der Waals surface area contributed by atoms with E-state index in [2.05, 4.69) is 5.10 Å². The van der Waals surface area contributed by atoms with Crippen molar-refractivity contribution >= 4 is 23.2 Å². The Balaban J connectivity index is 1.84. The van der Waals surface area contributed by atoms with Gasteiger partial charge in [0.25, 0.3) is 11.6 Å². The van der Waals surface area contributed by atoms with E-state index in [1.165, 1.54) is 30.3 Å². The van der Waals surface area contributed by atoms with E-state index in [1.807, 2.05) is 0 Å². The lowest BCUT2D eigenvalue weighted by atomic mass is 10.0. The lowest BCUT2D eigenvalue weighted by Gasteiger charge is -2.32. The van der Waals surface area contributed by atoms with Gasteiger partial charge in [0, 0.05) is 5.02 Å². The zero-order valence-electron chi connectivity index (χ0n) is 15.0. The number of aryl methyl sites for hydroxylation is 1. The average Bonchev–Trinajstić information content (AvgIpc) is 3.02. The van der Waals surface area contributed by atoms with E-state index in [-0.39, 0.29) is 22.0 Å². The molecule has 1 aliphatic heterocycles. The smallest absolute Gasteiger partial charge is 0.438 e. The van der Waals surface area contributed by atoms with Gasteiger partial charge in [0.1, 0.15) is 11.6 Å². The van der Waals surface area contributed by atoms with Crippen molar-refractivity contribution in [3.05, 3.63) is 64.4 Å². The van der Waals surface area contributed by atoms with Crippen LogP contribution in [0.5, 0.6) is 5.75 Å². The monoisotopic (exact) mass is 430 g/mol. The highest BCUT2D eigenvalue weighted by atomic mass is 35.5. The predicted octanol–water partition coefficient (Wildman–Crippen LogP) is 4.05. The summed E-state index contributed by atoms with van der Waals surface area (Å²) >= 11 is 5.89. The van der Waals surface area contributed by atoms with Gasteiger partial charge in [-0.15, -0.1) is 0 Å². The van der Waals surface area contributed by atoms with Crippen molar-refractivity contribution < 1.29 is 32.2 Å². The maximum absolute atomic E-state index is 13.5. The number of nitrogens with zero attached hydrogens (tertiary/aromatic N) is 2. The van der Waals surface area contributed by atoms with Crippen LogP contribution >= 0.6 is 11.6 Å². The van der Waals surface area contributed by atoms with Crippen LogP contribution in [0, 0.1) is 12.7 Å². The Morgan fingerprint density at radius 3 is 2.52 bits per heavy atom. The van der Waals surface area contributed by atoms with Crippen LogP contribution in [-0.2, 0) is 4.79 Å². The first-order chi connectivity index (χ1) is 13.5. The minimum Gasteiger partial charge on any atom is -0.484 e. The summed E-state index contributed by atoms with van der Waals surface area (Å²) in [7, 11) is 0. The minimum atomic E-state index is -5.18. The number of carbonyl (C=O) groups excluding carboxylic acids is 1. The van der Waals surface area contributed by atoms with Gasteiger partial charge in [0.15, 0.2) is 6.61 Å². The van der Waals surface area contributed by atoms with E-state index in [4.69, 9.17) is 16.3 Å². The summed E-state index contributed by atoms with van der Waals surface area (Å²) in [6.45, 7) is 0.902. The molecule has 0 saturated carbocycles. The molecular weight excluding hydrogens is 416 g/mol. The molecule has 0 fully saturated rings. The maximum atomic E-state index is 13.5. The third-order valence-corrected chi connectivity index (χ3v) is 4.77. The van der Waals surface area contributed by atoms with Gasteiger partial charge >= 0.3 is 6.18 Å². The Kier molecular flexibility index (Phi) is 5.55. The van der Waals surface area contributed by atoms with Crippen molar-refractivity contribution in [2.75, 3.05) is 6.61 Å². The summed E-state index contributed by atoms with van der Waals surface area (Å²) in [6.07, 6.45) is -6.17. The maximum Gasteiger partial charge on any atom is 0.438 e. The Morgan fingerprint density at radius 1 is 1.28 bits per heavy atom. The standard InChI is InChI=1S/C19H15ClF4N2O3/c1-11-8-14(6-7-15(11)20)29-10-17(27)26-18(28,19(22,23)24)9-16(25-26)12-2-4-13(21)5-3-12/h2-8,28H,9-10H2,1H3/t18-/m0/s1. The Morgan fingerprint density at radius 2 is 1.93 bits per heavy atom. The van der Waals surface area contributed by atoms with Crippen molar-refractivity contribution in [1.82, 2.24) is 5.01 Å². The van der Waals surface area contributed by atoms with Gasteiger partial charge in [-0.3, -0.25) is 4.79 Å². The van der Waals surface area contributed by atoms with Crippen LogP contribution in [0.25, 0.3) is 0 Å². The molecule has 0 bridgehead atoms. The number of halogens is 5. The zero-order valence-corrected chi connectivity index (χ0v) is 15.8. The van der Waals surface area contributed by atoms with Crippen molar-refractivity contribution in [2.45, 2.75) is 25.2 Å². The summed E-state index contributed by atoms with van der Waals surface area (Å²) in [5.41, 5.74) is -2.94. The van der Waals surface area contributed by atoms with Gasteiger partial charge in [-0.1, -0.05) is 23.7 Å². The molecule has 154 valence electrons. The molecule has 2 aromatic carbocycles. The fourth-order valence-corrected chi connectivity index (χ4v) is 2.86. The van der Waals surface area contributed by atoms with Crippen molar-refractivity contribution in [1.29, 1.82) is 0 Å². The number of alkyl halides is 3. The molecule has 0 saturated heterocycles. The summed E-state index contributed by atoms with van der Waals surface area (Å²) in [5, 5.41) is 14.3. The third-order valence-electron chi connectivity index (χ3n) is 4.34. The second kappa shape index (κ2) is 7.64. The van der Waals surface area contributed by atoms with Crippen molar-refractivity contribution in [2.24, 2.45) is 5.10 Å². The number of rotatable bonds is 4. The van der Waals surface area contributed by atoms with Crippen LogP contribution in [0.3, 0.4) is 0 Å². The number of benzene rings is 2. The van der Waals surface area contributed by atoms with Gasteiger partial charge in [0.05, 0.1) is 12.1 Å². The number of hydrogen-bond acceptors (Lipinski definition) is 4. The van der Waals surface area contributed by atoms with Crippen molar-refractivity contribution in [3.63, 3.8) is 0 Å². The topological polar surface area (TPSA) is 62.1 Å². The quantitative estimate of drug-likeness (QED) is 0.744. The first-order valence-corrected chi connectivity index (χ1v) is 8.73. The molecular formula is C19H15ClF4N2O3. The molecule has 5 nitrogen and oxygen atoms in total. The first-order valence-electron chi connectivity index (χ1n) is 8.36. The molecule has 0 aromatic heterocycles. The summed E-state index contributed by atoms with van der Waals surface area (Å²) in [5.74, 6) is -1.56. The van der Waals surface area contributed by atoms with Crippen LogP contribution in [0.1, 0.15) is 17.5 Å². The Bertz CT molecular complexity index is 963. The summed E-state index contributed by atoms with van der Waals surface area (Å²) in [6, 6.07) is 9.00. The highest BCUT2D eigenvalue weighted by Crippen LogP contribution is 2.41. The molecule has 1 heterocycles. The minimum absolute atomic E-state index is 0.0333. The second-order valence-electron chi connectivity index (χ2n) is 6.45. The fraction of sp³-hybridized carbons (Fsp3) is 0.263. The van der Waals surface area contributed by atoms with E-state index in [9.17, 15) is 27.5 Å². The number of ether oxygens (including phenoxy) is 1. The van der Waals surface area contributed by atoms with Crippen LogP contribution in [0.2, 0.25) is 5.02 Å².